The van der Waals surface area contributed by atoms with Crippen molar-refractivity contribution in [3.63, 3.8) is 0 Å². The van der Waals surface area contributed by atoms with E-state index in [1.54, 1.807) is 24.3 Å². The second kappa shape index (κ2) is 9.37. The maximum Gasteiger partial charge on any atom is 0.198 e. The van der Waals surface area contributed by atoms with Gasteiger partial charge in [0.1, 0.15) is 11.5 Å². The number of rotatable bonds is 3. The van der Waals surface area contributed by atoms with Crippen LogP contribution < -0.4 is 4.74 Å². The molecule has 0 aromatic heterocycles. The zero-order valence-corrected chi connectivity index (χ0v) is 15.4. The van der Waals surface area contributed by atoms with Gasteiger partial charge in [-0.1, -0.05) is 48.5 Å². The summed E-state index contributed by atoms with van der Waals surface area (Å²) in [7, 11) is 0. The van der Waals surface area contributed by atoms with Gasteiger partial charge >= 0.3 is 0 Å². The molecule has 0 saturated heterocycles. The predicted octanol–water partition coefficient (Wildman–Crippen LogP) is 3.30. The van der Waals surface area contributed by atoms with Crippen LogP contribution in [0.25, 0.3) is 0 Å². The zero-order chi connectivity index (χ0) is 19.9. The molecule has 1 heterocycles. The summed E-state index contributed by atoms with van der Waals surface area (Å²) in [6, 6.07) is 22.1. The predicted molar refractivity (Wildman–Crippen MR) is 106 cm³/mol. The van der Waals surface area contributed by atoms with E-state index in [1.807, 2.05) is 36.4 Å². The lowest BCUT2D eigenvalue weighted by atomic mass is 9.85. The number of aliphatic hydroxyl groups excluding tert-OH is 3. The summed E-state index contributed by atoms with van der Waals surface area (Å²) in [6.45, 7) is 0.0393. The first-order valence-corrected chi connectivity index (χ1v) is 9.13. The minimum Gasteiger partial charge on any atom is -0.508 e. The second-order valence-corrected chi connectivity index (χ2v) is 6.63. The van der Waals surface area contributed by atoms with E-state index in [0.29, 0.717) is 12.2 Å². The van der Waals surface area contributed by atoms with Crippen molar-refractivity contribution < 1.29 is 25.2 Å². The van der Waals surface area contributed by atoms with Crippen LogP contribution in [0.5, 0.6) is 11.5 Å². The largest absolute Gasteiger partial charge is 0.508 e. The first-order chi connectivity index (χ1) is 13.6. The third-order valence-corrected chi connectivity index (χ3v) is 4.65. The molecule has 0 spiro atoms. The highest BCUT2D eigenvalue weighted by atomic mass is 16.6. The average molecular weight is 380 g/mol. The van der Waals surface area contributed by atoms with Crippen LogP contribution in [0.2, 0.25) is 0 Å². The fraction of sp³-hybridized carbons (Fsp3) is 0.217. The Balaban J connectivity index is 0.000000211. The van der Waals surface area contributed by atoms with Crippen LogP contribution in [0, 0.1) is 0 Å². The number of aliphatic hydroxyl groups is 3. The van der Waals surface area contributed by atoms with Gasteiger partial charge in [0, 0.05) is 17.9 Å². The fourth-order valence-electron chi connectivity index (χ4n) is 3.20. The normalized spacial score (nSPS) is 17.7. The SMILES string of the molecule is OCc1ccc(O)cc1.OCc1ccc2c(c1)C(c1ccccc1)CC(O)O2. The van der Waals surface area contributed by atoms with Gasteiger partial charge in [0.05, 0.1) is 13.2 Å². The van der Waals surface area contributed by atoms with Gasteiger partial charge in [0.15, 0.2) is 6.29 Å². The second-order valence-electron chi connectivity index (χ2n) is 6.63. The van der Waals surface area contributed by atoms with Crippen molar-refractivity contribution in [3.05, 3.63) is 95.1 Å². The molecule has 4 rings (SSSR count). The lowest BCUT2D eigenvalue weighted by Crippen LogP contribution is -2.25. The number of hydrogen-bond acceptors (Lipinski definition) is 5. The van der Waals surface area contributed by atoms with Gasteiger partial charge in [-0.05, 0) is 41.0 Å². The summed E-state index contributed by atoms with van der Waals surface area (Å²) in [4.78, 5) is 0. The summed E-state index contributed by atoms with van der Waals surface area (Å²) < 4.78 is 5.46. The van der Waals surface area contributed by atoms with Crippen LogP contribution in [0.4, 0.5) is 0 Å². The van der Waals surface area contributed by atoms with Gasteiger partial charge in [0.2, 0.25) is 0 Å². The molecule has 0 radical (unpaired) electrons. The summed E-state index contributed by atoms with van der Waals surface area (Å²) in [5.41, 5.74) is 3.86. The van der Waals surface area contributed by atoms with E-state index in [2.05, 4.69) is 12.1 Å². The Bertz CT molecular complexity index is 877. The Morgan fingerprint density at radius 1 is 0.821 bits per heavy atom. The maximum absolute atomic E-state index is 9.84. The summed E-state index contributed by atoms with van der Waals surface area (Å²) in [6.07, 6.45) is -0.246. The van der Waals surface area contributed by atoms with E-state index in [4.69, 9.17) is 14.9 Å². The van der Waals surface area contributed by atoms with Gasteiger partial charge in [-0.15, -0.1) is 0 Å². The molecular weight excluding hydrogens is 356 g/mol. The van der Waals surface area contributed by atoms with Gasteiger partial charge in [-0.2, -0.15) is 0 Å². The fourth-order valence-corrected chi connectivity index (χ4v) is 3.20. The molecule has 2 atom stereocenters. The van der Waals surface area contributed by atoms with Gasteiger partial charge in [-0.3, -0.25) is 0 Å². The van der Waals surface area contributed by atoms with E-state index >= 15 is 0 Å². The molecule has 3 aromatic carbocycles. The highest BCUT2D eigenvalue weighted by Crippen LogP contribution is 2.40. The standard InChI is InChI=1S/C16H16O3.C7H8O2/c17-10-11-6-7-15-14(8-11)13(9-16(18)19-15)12-4-2-1-3-5-12;8-5-6-1-3-7(9)4-2-6/h1-8,13,16-18H,9-10H2;1-4,8-9H,5H2. The third kappa shape index (κ3) is 4.89. The highest BCUT2D eigenvalue weighted by Gasteiger charge is 2.28. The van der Waals surface area contributed by atoms with Crippen molar-refractivity contribution in [2.75, 3.05) is 0 Å². The monoisotopic (exact) mass is 380 g/mol. The van der Waals surface area contributed by atoms with E-state index in [0.717, 1.165) is 22.3 Å². The Labute approximate surface area is 164 Å². The number of phenolic OH excluding ortho intramolecular Hbond substituents is 1. The average Bonchev–Trinajstić information content (AvgIpc) is 2.74. The molecule has 1 aliphatic heterocycles. The van der Waals surface area contributed by atoms with E-state index in [9.17, 15) is 10.2 Å². The third-order valence-electron chi connectivity index (χ3n) is 4.65. The zero-order valence-electron chi connectivity index (χ0n) is 15.4. The van der Waals surface area contributed by atoms with Crippen molar-refractivity contribution in [1.29, 1.82) is 0 Å². The number of hydrogen-bond donors (Lipinski definition) is 4. The van der Waals surface area contributed by atoms with Crippen molar-refractivity contribution in [1.82, 2.24) is 0 Å². The first-order valence-electron chi connectivity index (χ1n) is 9.13. The number of aromatic hydroxyl groups is 1. The quantitative estimate of drug-likeness (QED) is 0.560. The Morgan fingerprint density at radius 2 is 1.46 bits per heavy atom. The lowest BCUT2D eigenvalue weighted by Gasteiger charge is -2.30. The maximum atomic E-state index is 9.84. The van der Waals surface area contributed by atoms with Crippen LogP contribution >= 0.6 is 0 Å². The molecule has 3 aromatic rings. The van der Waals surface area contributed by atoms with Crippen LogP contribution in [-0.2, 0) is 13.2 Å². The Morgan fingerprint density at radius 3 is 2.11 bits per heavy atom. The van der Waals surface area contributed by atoms with Crippen LogP contribution in [0.3, 0.4) is 0 Å². The van der Waals surface area contributed by atoms with E-state index < -0.39 is 6.29 Å². The number of benzene rings is 3. The molecular formula is C23H24O5. The molecule has 0 saturated carbocycles. The topological polar surface area (TPSA) is 90.2 Å². The molecule has 4 N–H and O–H groups in total. The summed E-state index contributed by atoms with van der Waals surface area (Å²) >= 11 is 0. The highest BCUT2D eigenvalue weighted by molar-refractivity contribution is 5.45. The van der Waals surface area contributed by atoms with Crippen molar-refractivity contribution in [3.8, 4) is 11.5 Å². The molecule has 146 valence electrons. The Hall–Kier alpha value is -2.86. The van der Waals surface area contributed by atoms with Crippen LogP contribution in [0.15, 0.2) is 72.8 Å². The number of ether oxygens (including phenoxy) is 1. The van der Waals surface area contributed by atoms with Crippen molar-refractivity contribution in [2.45, 2.75) is 31.8 Å². The summed E-state index contributed by atoms with van der Waals surface area (Å²) in [5, 5.41) is 36.4. The molecule has 0 amide bonds. The number of phenols is 1. The van der Waals surface area contributed by atoms with Crippen LogP contribution in [0.1, 0.15) is 34.6 Å². The molecule has 2 unspecified atom stereocenters. The lowest BCUT2D eigenvalue weighted by molar-refractivity contribution is -0.0359. The van der Waals surface area contributed by atoms with E-state index in [1.165, 1.54) is 0 Å². The molecule has 28 heavy (non-hydrogen) atoms. The number of fused-ring (bicyclic) bond motifs is 1. The molecule has 0 fully saturated rings. The minimum atomic E-state index is -0.780. The molecule has 5 heteroatoms. The smallest absolute Gasteiger partial charge is 0.198 e. The van der Waals surface area contributed by atoms with E-state index in [-0.39, 0.29) is 24.9 Å². The molecule has 0 aliphatic carbocycles. The van der Waals surface area contributed by atoms with Gasteiger partial charge in [0.25, 0.3) is 0 Å². The van der Waals surface area contributed by atoms with Crippen LogP contribution in [-0.4, -0.2) is 26.7 Å². The summed E-state index contributed by atoms with van der Waals surface area (Å²) in [5.74, 6) is 1.03. The Kier molecular flexibility index (Phi) is 6.66. The molecule has 0 bridgehead atoms. The van der Waals surface area contributed by atoms with Crippen molar-refractivity contribution >= 4 is 0 Å². The van der Waals surface area contributed by atoms with Gasteiger partial charge < -0.3 is 25.2 Å². The molecule has 5 nitrogen and oxygen atoms in total. The first kappa shape index (κ1) is 19.9. The minimum absolute atomic E-state index is 0.0113. The molecule has 1 aliphatic rings. The van der Waals surface area contributed by atoms with Gasteiger partial charge in [-0.25, -0.2) is 0 Å². The van der Waals surface area contributed by atoms with Crippen molar-refractivity contribution in [2.24, 2.45) is 0 Å².